The molecule has 0 aliphatic rings. The van der Waals surface area contributed by atoms with Gasteiger partial charge in [0.2, 0.25) is 0 Å². The Balaban J connectivity index is 1.02. The van der Waals surface area contributed by atoms with Crippen molar-refractivity contribution in [2.75, 3.05) is 0 Å². The Labute approximate surface area is 581 Å². The van der Waals surface area contributed by atoms with Crippen LogP contribution in [-0.4, -0.2) is 28.7 Å². The molecule has 0 fully saturated rings. The van der Waals surface area contributed by atoms with Crippen LogP contribution in [0.4, 0.5) is 0 Å². The molecule has 0 unspecified atom stereocenters. The second-order valence-corrected chi connectivity index (χ2v) is 27.6. The zero-order valence-corrected chi connectivity index (χ0v) is 56.0. The molecule has 0 radical (unpaired) electrons. The average Bonchev–Trinajstić information content (AvgIpc) is 1.48. The lowest BCUT2D eigenvalue weighted by atomic mass is 9.90. The van der Waals surface area contributed by atoms with E-state index >= 15 is 0 Å². The SMILES string of the molecule is Cc1cc(-c2c(-c3nc4ccccc4s3)c(-n3c4ccccc4c4cc(-c5ccccc5)ccc43)c(-n3c4ccc(-c5ccccc5)cc4c4ccc(-c5cc6[nH]c7ccccc7c6cc5-c5ccccc5)cc43)c(C)c2-n2c3ccccc3c3cc(-c4ccccc4)ccc32)cc(C)n1. The van der Waals surface area contributed by atoms with Crippen molar-refractivity contribution in [3.8, 4) is 94.4 Å². The summed E-state index contributed by atoms with van der Waals surface area (Å²) in [5.41, 5.74) is 30.4. The van der Waals surface area contributed by atoms with Gasteiger partial charge in [0.15, 0.2) is 0 Å². The van der Waals surface area contributed by atoms with Gasteiger partial charge in [0.25, 0.3) is 0 Å². The van der Waals surface area contributed by atoms with E-state index in [1.807, 2.05) is 0 Å². The number of hydrogen-bond donors (Lipinski definition) is 1. The summed E-state index contributed by atoms with van der Waals surface area (Å²) in [7, 11) is 0. The van der Waals surface area contributed by atoms with Crippen LogP contribution in [0.3, 0.4) is 0 Å². The van der Waals surface area contributed by atoms with E-state index in [0.717, 1.165) is 176 Å². The maximum absolute atomic E-state index is 5.91. The van der Waals surface area contributed by atoms with Gasteiger partial charge in [-0.15, -0.1) is 11.3 Å². The molecule has 0 bridgehead atoms. The molecule has 0 saturated carbocycles. The molecule has 470 valence electrons. The molecule has 100 heavy (non-hydrogen) atoms. The van der Waals surface area contributed by atoms with Crippen molar-refractivity contribution in [2.24, 2.45) is 0 Å². The number of thiazole rings is 1. The lowest BCUT2D eigenvalue weighted by Gasteiger charge is -2.29. The molecule has 0 atom stereocenters. The largest absolute Gasteiger partial charge is 0.354 e. The number of nitrogens with zero attached hydrogens (tertiary/aromatic N) is 5. The van der Waals surface area contributed by atoms with E-state index < -0.39 is 0 Å². The Bertz CT molecular complexity index is 6670. The van der Waals surface area contributed by atoms with Crippen LogP contribution in [0.15, 0.2) is 315 Å². The van der Waals surface area contributed by atoms with E-state index in [9.17, 15) is 0 Å². The number of rotatable bonds is 10. The molecule has 0 spiro atoms. The lowest BCUT2D eigenvalue weighted by molar-refractivity contribution is 1.05. The number of aromatic amines is 1. The Morgan fingerprint density at radius 3 is 1.29 bits per heavy atom. The number of hydrogen-bond acceptors (Lipinski definition) is 3. The standard InChI is InChI=1S/C93H62N6S/c1-56-48-67(49-57(2)94-56)88-89(93-96-79-36-20-23-39-87(79)100-93)92(98-82-38-22-18-34-70(82)76-51-64(42-46-84(76)98)60-26-10-5-11-27-60)91(58(3)90(88)97-81-37-21-17-33-69(81)75-50-63(41-45-83(75)97)59-24-8-4-9-25-59)99-85-47-43-65(61-28-12-6-13-29-61)52-77(85)71-44-40-66(53-86(71)99)73-55-80-74(68-32-16-19-35-78(68)95-80)54-72(73)62-30-14-7-15-31-62/h4-55,95H,1-3H3. The number of fused-ring (bicyclic) bond motifs is 13. The third kappa shape index (κ3) is 9.02. The molecule has 20 rings (SSSR count). The van der Waals surface area contributed by atoms with Crippen molar-refractivity contribution in [3.05, 3.63) is 332 Å². The summed E-state index contributed by atoms with van der Waals surface area (Å²) in [5.74, 6) is 0. The summed E-state index contributed by atoms with van der Waals surface area (Å²) in [6.45, 7) is 6.67. The quantitative estimate of drug-likeness (QED) is 0.148. The summed E-state index contributed by atoms with van der Waals surface area (Å²) in [6, 6.07) is 117. The van der Waals surface area contributed by atoms with Crippen LogP contribution < -0.4 is 0 Å². The van der Waals surface area contributed by atoms with Gasteiger partial charge in [-0.1, -0.05) is 218 Å². The highest BCUT2D eigenvalue weighted by atomic mass is 32.1. The number of aryl methyl sites for hydroxylation is 2. The molecule has 0 aliphatic heterocycles. The van der Waals surface area contributed by atoms with E-state index in [-0.39, 0.29) is 0 Å². The minimum Gasteiger partial charge on any atom is -0.354 e. The fourth-order valence-corrected chi connectivity index (χ4v) is 17.3. The number of H-pyrrole nitrogens is 1. The monoisotopic (exact) mass is 1290 g/mol. The van der Waals surface area contributed by atoms with Gasteiger partial charge in [0, 0.05) is 76.6 Å². The minimum atomic E-state index is 0.909. The Morgan fingerprint density at radius 1 is 0.270 bits per heavy atom. The second kappa shape index (κ2) is 22.7. The van der Waals surface area contributed by atoms with Gasteiger partial charge in [-0.25, -0.2) is 4.98 Å². The number of aromatic nitrogens is 6. The van der Waals surface area contributed by atoms with E-state index in [4.69, 9.17) is 9.97 Å². The first kappa shape index (κ1) is 57.6. The molecule has 0 saturated heterocycles. The molecular formula is C93H62N6S. The molecule has 6 aromatic heterocycles. The highest BCUT2D eigenvalue weighted by molar-refractivity contribution is 7.21. The number of nitrogens with one attached hydrogen (secondary N) is 1. The number of pyridine rings is 1. The van der Waals surface area contributed by atoms with Crippen molar-refractivity contribution < 1.29 is 0 Å². The summed E-state index contributed by atoms with van der Waals surface area (Å²) in [4.78, 5) is 14.9. The van der Waals surface area contributed by atoms with Crippen LogP contribution in [-0.2, 0) is 0 Å². The van der Waals surface area contributed by atoms with Crippen molar-refractivity contribution >= 4 is 109 Å². The first-order chi connectivity index (χ1) is 49.3. The Hall–Kier alpha value is -12.7. The molecule has 6 heterocycles. The Kier molecular flexibility index (Phi) is 13.1. The average molecular weight is 1300 g/mol. The zero-order valence-electron chi connectivity index (χ0n) is 55.2. The lowest BCUT2D eigenvalue weighted by Crippen LogP contribution is -2.13. The van der Waals surface area contributed by atoms with Gasteiger partial charge >= 0.3 is 0 Å². The maximum atomic E-state index is 5.91. The highest BCUT2D eigenvalue weighted by Crippen LogP contribution is 2.54. The predicted molar refractivity (Wildman–Crippen MR) is 422 cm³/mol. The third-order valence-corrected chi connectivity index (χ3v) is 21.7. The van der Waals surface area contributed by atoms with E-state index in [1.54, 1.807) is 11.3 Å². The summed E-state index contributed by atoms with van der Waals surface area (Å²) in [6.07, 6.45) is 0. The molecule has 7 heteroatoms. The van der Waals surface area contributed by atoms with Crippen LogP contribution >= 0.6 is 11.3 Å². The van der Waals surface area contributed by atoms with Gasteiger partial charge in [-0.05, 0) is 185 Å². The van der Waals surface area contributed by atoms with Gasteiger partial charge in [0.05, 0.1) is 60.4 Å². The predicted octanol–water partition coefficient (Wildman–Crippen LogP) is 25.2. The third-order valence-electron chi connectivity index (χ3n) is 20.7. The Morgan fingerprint density at radius 2 is 0.720 bits per heavy atom. The summed E-state index contributed by atoms with van der Waals surface area (Å²) >= 11 is 1.76. The molecule has 1 N–H and O–H groups in total. The van der Waals surface area contributed by atoms with Gasteiger partial charge in [-0.3, -0.25) is 4.98 Å². The zero-order chi connectivity index (χ0) is 66.3. The fourth-order valence-electron chi connectivity index (χ4n) is 16.3. The van der Waals surface area contributed by atoms with Crippen molar-refractivity contribution in [1.29, 1.82) is 0 Å². The van der Waals surface area contributed by atoms with Gasteiger partial charge < -0.3 is 18.7 Å². The first-order valence-corrected chi connectivity index (χ1v) is 35.1. The van der Waals surface area contributed by atoms with Crippen LogP contribution in [0.2, 0.25) is 0 Å². The van der Waals surface area contributed by atoms with E-state index in [1.165, 1.54) is 32.7 Å². The smallest absolute Gasteiger partial charge is 0.127 e. The highest BCUT2D eigenvalue weighted by Gasteiger charge is 2.34. The number of benzene rings is 14. The van der Waals surface area contributed by atoms with Crippen LogP contribution in [0.5, 0.6) is 0 Å². The first-order valence-electron chi connectivity index (χ1n) is 34.3. The van der Waals surface area contributed by atoms with Crippen molar-refractivity contribution in [2.45, 2.75) is 20.8 Å². The topological polar surface area (TPSA) is 56.4 Å². The molecule has 14 aromatic carbocycles. The molecule has 20 aromatic rings. The van der Waals surface area contributed by atoms with E-state index in [2.05, 4.69) is 355 Å². The van der Waals surface area contributed by atoms with Crippen molar-refractivity contribution in [1.82, 2.24) is 28.7 Å². The van der Waals surface area contributed by atoms with Crippen LogP contribution in [0, 0.1) is 20.8 Å². The van der Waals surface area contributed by atoms with Gasteiger partial charge in [0.1, 0.15) is 5.01 Å². The number of para-hydroxylation sites is 4. The summed E-state index contributed by atoms with van der Waals surface area (Å²) < 4.78 is 8.94. The fraction of sp³-hybridized carbons (Fsp3) is 0.0323. The normalized spacial score (nSPS) is 11.9. The molecule has 6 nitrogen and oxygen atoms in total. The van der Waals surface area contributed by atoms with Gasteiger partial charge in [-0.2, -0.15) is 0 Å². The molecule has 0 aliphatic carbocycles. The van der Waals surface area contributed by atoms with Crippen molar-refractivity contribution in [3.63, 3.8) is 0 Å². The minimum absolute atomic E-state index is 0.909. The summed E-state index contributed by atoms with van der Waals surface area (Å²) in [5, 5.41) is 10.3. The second-order valence-electron chi connectivity index (χ2n) is 26.6. The van der Waals surface area contributed by atoms with E-state index in [0.29, 0.717) is 0 Å². The molecule has 0 amide bonds. The molecular weight excluding hydrogens is 1230 g/mol. The maximum Gasteiger partial charge on any atom is 0.127 e. The van der Waals surface area contributed by atoms with Crippen LogP contribution in [0.1, 0.15) is 17.0 Å². The van der Waals surface area contributed by atoms with Crippen LogP contribution in [0.25, 0.3) is 192 Å².